The van der Waals surface area contributed by atoms with Crippen LogP contribution < -0.4 is 10.1 Å². The summed E-state index contributed by atoms with van der Waals surface area (Å²) >= 11 is 0. The highest BCUT2D eigenvalue weighted by Gasteiger charge is 2.55. The predicted octanol–water partition coefficient (Wildman–Crippen LogP) is 4.25. The molecule has 1 aliphatic rings. The van der Waals surface area contributed by atoms with E-state index >= 15 is 0 Å². The molecule has 1 aromatic heterocycles. The lowest BCUT2D eigenvalue weighted by Gasteiger charge is -2.31. The van der Waals surface area contributed by atoms with E-state index in [1.807, 2.05) is 24.3 Å². The summed E-state index contributed by atoms with van der Waals surface area (Å²) in [6, 6.07) is 15.6. The first-order valence-corrected chi connectivity index (χ1v) is 9.85. The van der Waals surface area contributed by atoms with Crippen molar-refractivity contribution in [2.75, 3.05) is 6.54 Å². The number of carbonyl (C=O) groups is 2. The molecule has 0 radical (unpaired) electrons. The zero-order valence-corrected chi connectivity index (χ0v) is 17.4. The van der Waals surface area contributed by atoms with Crippen molar-refractivity contribution in [3.8, 4) is 17.1 Å². The van der Waals surface area contributed by atoms with Crippen molar-refractivity contribution in [1.82, 2.24) is 10.3 Å². The van der Waals surface area contributed by atoms with E-state index in [2.05, 4.69) is 19.8 Å². The van der Waals surface area contributed by atoms with E-state index in [0.717, 1.165) is 10.8 Å². The van der Waals surface area contributed by atoms with Gasteiger partial charge in [0, 0.05) is 17.7 Å². The Morgan fingerprint density at radius 2 is 1.51 bits per heavy atom. The van der Waals surface area contributed by atoms with Gasteiger partial charge in [0.2, 0.25) is 5.88 Å². The minimum Gasteiger partial charge on any atom is -0.401 e. The number of nitrogens with one attached hydrogen (secondary N) is 1. The number of benzene rings is 2. The van der Waals surface area contributed by atoms with Crippen molar-refractivity contribution in [3.63, 3.8) is 0 Å². The van der Waals surface area contributed by atoms with Crippen LogP contribution in [0.1, 0.15) is 5.56 Å². The van der Waals surface area contributed by atoms with Gasteiger partial charge in [0.15, 0.2) is 0 Å². The lowest BCUT2D eigenvalue weighted by atomic mass is 10.0. The molecule has 1 aliphatic heterocycles. The third kappa shape index (κ3) is 5.29. The second-order valence-corrected chi connectivity index (χ2v) is 7.39. The van der Waals surface area contributed by atoms with Gasteiger partial charge in [-0.25, -0.2) is 14.6 Å². The maximum Gasteiger partial charge on any atom is 0.491 e. The maximum absolute atomic E-state index is 12.8. The van der Waals surface area contributed by atoms with Crippen molar-refractivity contribution in [1.29, 1.82) is 0 Å². The Balaban J connectivity index is 1.74. The fourth-order valence-corrected chi connectivity index (χ4v) is 3.27. The molecule has 4 rings (SSSR count). The van der Waals surface area contributed by atoms with Crippen LogP contribution in [-0.4, -0.2) is 41.8 Å². The first-order chi connectivity index (χ1) is 16.4. The van der Waals surface area contributed by atoms with Crippen molar-refractivity contribution < 1.29 is 50.1 Å². The first kappa shape index (κ1) is 24.3. The highest BCUT2D eigenvalue weighted by atomic mass is 19.4. The molecule has 2 heterocycles. The van der Waals surface area contributed by atoms with E-state index in [1.54, 1.807) is 24.3 Å². The minimum absolute atomic E-state index is 0.158. The van der Waals surface area contributed by atoms with Gasteiger partial charge >= 0.3 is 30.3 Å². The second-order valence-electron chi connectivity index (χ2n) is 7.39. The standard InChI is InChI=1S/C22H14F6N2O5/c23-21(24,25)18(31)34-20(35-19(32)22(26,27)28)11-29-10-15-7-8-16(30-17(15)33-20)14-6-5-12-3-1-2-4-13(12)9-14/h1-9,29H,10-11H2. The Morgan fingerprint density at radius 1 is 0.886 bits per heavy atom. The number of fused-ring (bicyclic) bond motifs is 2. The summed E-state index contributed by atoms with van der Waals surface area (Å²) in [6.07, 6.45) is -11.2. The molecule has 2 aromatic carbocycles. The molecule has 0 saturated heterocycles. The van der Waals surface area contributed by atoms with Crippen LogP contribution in [0.4, 0.5) is 26.3 Å². The largest absolute Gasteiger partial charge is 0.491 e. The summed E-state index contributed by atoms with van der Waals surface area (Å²) in [4.78, 5) is 27.1. The molecule has 0 amide bonds. The molecule has 0 atom stereocenters. The van der Waals surface area contributed by atoms with Gasteiger partial charge in [-0.05, 0) is 22.9 Å². The molecule has 0 fully saturated rings. The number of aromatic nitrogens is 1. The highest BCUT2D eigenvalue weighted by Crippen LogP contribution is 2.33. The Morgan fingerprint density at radius 3 is 2.14 bits per heavy atom. The third-order valence-corrected chi connectivity index (χ3v) is 4.85. The lowest BCUT2D eigenvalue weighted by molar-refractivity contribution is -0.331. The molecule has 0 aliphatic carbocycles. The molecular weight excluding hydrogens is 486 g/mol. The number of esters is 2. The van der Waals surface area contributed by atoms with E-state index in [-0.39, 0.29) is 17.8 Å². The van der Waals surface area contributed by atoms with Crippen LogP contribution in [0.3, 0.4) is 0 Å². The summed E-state index contributed by atoms with van der Waals surface area (Å²) in [5.41, 5.74) is 0.995. The fourth-order valence-electron chi connectivity index (χ4n) is 3.27. The predicted molar refractivity (Wildman–Crippen MR) is 107 cm³/mol. The van der Waals surface area contributed by atoms with Gasteiger partial charge in [0.05, 0.1) is 5.69 Å². The molecule has 7 nitrogen and oxygen atoms in total. The van der Waals surface area contributed by atoms with Crippen molar-refractivity contribution in [2.24, 2.45) is 0 Å². The third-order valence-electron chi connectivity index (χ3n) is 4.85. The Labute approximate surface area is 192 Å². The average molecular weight is 500 g/mol. The Kier molecular flexibility index (Phi) is 6.05. The Hall–Kier alpha value is -3.87. The zero-order valence-electron chi connectivity index (χ0n) is 17.4. The van der Waals surface area contributed by atoms with Crippen LogP contribution >= 0.6 is 0 Å². The van der Waals surface area contributed by atoms with Crippen LogP contribution in [0.5, 0.6) is 5.88 Å². The normalized spacial score (nSPS) is 15.5. The van der Waals surface area contributed by atoms with Gasteiger partial charge in [0.1, 0.15) is 6.54 Å². The van der Waals surface area contributed by atoms with E-state index < -0.39 is 42.7 Å². The van der Waals surface area contributed by atoms with Gasteiger partial charge in [-0.15, -0.1) is 0 Å². The molecular formula is C22H14F6N2O5. The number of ether oxygens (including phenoxy) is 3. The molecule has 13 heteroatoms. The van der Waals surface area contributed by atoms with Crippen LogP contribution in [0.2, 0.25) is 0 Å². The quantitative estimate of drug-likeness (QED) is 0.327. The summed E-state index contributed by atoms with van der Waals surface area (Å²) < 4.78 is 90.4. The SMILES string of the molecule is O=C(OC1(OC(=O)C(F)(F)F)CNCc2ccc(-c3ccc4ccccc4c3)nc2O1)C(F)(F)F. The molecule has 0 saturated carbocycles. The van der Waals surface area contributed by atoms with Crippen LogP contribution in [0.25, 0.3) is 22.0 Å². The van der Waals surface area contributed by atoms with E-state index in [9.17, 15) is 35.9 Å². The molecule has 35 heavy (non-hydrogen) atoms. The van der Waals surface area contributed by atoms with Gasteiger partial charge < -0.3 is 19.5 Å². The first-order valence-electron chi connectivity index (χ1n) is 9.85. The number of rotatable bonds is 3. The van der Waals surface area contributed by atoms with Gasteiger partial charge in [0.25, 0.3) is 0 Å². The van der Waals surface area contributed by atoms with Crippen LogP contribution in [-0.2, 0) is 25.6 Å². The average Bonchev–Trinajstić information content (AvgIpc) is 2.95. The Bertz CT molecular complexity index is 1260. The number of alkyl halides is 6. The van der Waals surface area contributed by atoms with Crippen LogP contribution in [0, 0.1) is 0 Å². The number of halogens is 6. The number of pyridine rings is 1. The second kappa shape index (κ2) is 8.73. The molecule has 0 spiro atoms. The number of carbonyl (C=O) groups excluding carboxylic acids is 2. The molecule has 0 bridgehead atoms. The molecule has 184 valence electrons. The van der Waals surface area contributed by atoms with Gasteiger partial charge in [-0.2, -0.15) is 26.3 Å². The van der Waals surface area contributed by atoms with Gasteiger partial charge in [-0.3, -0.25) is 0 Å². The molecule has 0 unspecified atom stereocenters. The molecule has 1 N–H and O–H groups in total. The minimum atomic E-state index is -5.61. The number of hydrogen-bond donors (Lipinski definition) is 1. The van der Waals surface area contributed by atoms with E-state index in [1.165, 1.54) is 6.07 Å². The lowest BCUT2D eigenvalue weighted by Crippen LogP contribution is -2.55. The number of nitrogens with zero attached hydrogens (tertiary/aromatic N) is 1. The molecule has 3 aromatic rings. The van der Waals surface area contributed by atoms with Crippen LogP contribution in [0.15, 0.2) is 54.6 Å². The van der Waals surface area contributed by atoms with Crippen molar-refractivity contribution in [2.45, 2.75) is 24.9 Å². The zero-order chi connectivity index (χ0) is 25.4. The van der Waals surface area contributed by atoms with Crippen molar-refractivity contribution in [3.05, 3.63) is 60.2 Å². The smallest absolute Gasteiger partial charge is 0.401 e. The summed E-state index contributed by atoms with van der Waals surface area (Å²) in [5, 5.41) is 4.20. The maximum atomic E-state index is 12.8. The van der Waals surface area contributed by atoms with Crippen molar-refractivity contribution >= 4 is 22.7 Å². The van der Waals surface area contributed by atoms with E-state index in [0.29, 0.717) is 5.56 Å². The number of hydrogen-bond acceptors (Lipinski definition) is 7. The van der Waals surface area contributed by atoms with E-state index in [4.69, 9.17) is 4.74 Å². The summed E-state index contributed by atoms with van der Waals surface area (Å²) in [6.45, 7) is -1.20. The monoisotopic (exact) mass is 500 g/mol. The highest BCUT2D eigenvalue weighted by molar-refractivity contribution is 5.86. The fraction of sp³-hybridized carbons (Fsp3) is 0.227. The van der Waals surface area contributed by atoms with Gasteiger partial charge in [-0.1, -0.05) is 42.5 Å². The summed E-state index contributed by atoms with van der Waals surface area (Å²) in [5.74, 6) is -9.78. The summed E-state index contributed by atoms with van der Waals surface area (Å²) in [7, 11) is 0. The topological polar surface area (TPSA) is 86.8 Å².